The Bertz CT molecular complexity index is 1560. The molecule has 0 unspecified atom stereocenters. The van der Waals surface area contributed by atoms with E-state index in [0.29, 0.717) is 28.6 Å². The number of alkyl halides is 6. The van der Waals surface area contributed by atoms with E-state index in [0.717, 1.165) is 47.6 Å². The number of aromatic nitrogens is 1. The molecule has 198 valence electrons. The van der Waals surface area contributed by atoms with Crippen LogP contribution >= 0.6 is 34.5 Å². The minimum atomic E-state index is -4.58. The van der Waals surface area contributed by atoms with Gasteiger partial charge in [0.1, 0.15) is 0 Å². The molecule has 0 bridgehead atoms. The zero-order valence-electron chi connectivity index (χ0n) is 19.4. The molecule has 1 saturated carbocycles. The van der Waals surface area contributed by atoms with Crippen molar-refractivity contribution in [3.8, 4) is 5.69 Å². The number of benzene rings is 3. The van der Waals surface area contributed by atoms with Gasteiger partial charge in [0, 0.05) is 22.2 Å². The third kappa shape index (κ3) is 4.99. The van der Waals surface area contributed by atoms with Crippen LogP contribution in [0.15, 0.2) is 77.1 Å². The smallest absolute Gasteiger partial charge is 0.289 e. The number of hydrogen-bond donors (Lipinski definition) is 0. The van der Waals surface area contributed by atoms with Crippen LogP contribution in [0.5, 0.6) is 0 Å². The van der Waals surface area contributed by atoms with Crippen molar-refractivity contribution in [1.29, 1.82) is 0 Å². The first-order valence-electron chi connectivity index (χ1n) is 11.4. The lowest BCUT2D eigenvalue weighted by Crippen LogP contribution is -2.38. The van der Waals surface area contributed by atoms with E-state index in [-0.39, 0.29) is 16.2 Å². The van der Waals surface area contributed by atoms with Gasteiger partial charge >= 0.3 is 12.4 Å². The molecule has 0 N–H and O–H groups in total. The Morgan fingerprint density at radius 2 is 1.45 bits per heavy atom. The molecule has 0 radical (unpaired) electrons. The minimum absolute atomic E-state index is 0.0335. The van der Waals surface area contributed by atoms with Gasteiger partial charge in [-0.05, 0) is 66.9 Å². The van der Waals surface area contributed by atoms with Crippen molar-refractivity contribution >= 4 is 40.2 Å². The van der Waals surface area contributed by atoms with Gasteiger partial charge in [0.05, 0.1) is 26.9 Å². The lowest BCUT2D eigenvalue weighted by molar-refractivity contribution is -0.138. The van der Waals surface area contributed by atoms with Crippen molar-refractivity contribution in [3.05, 3.63) is 109 Å². The standard InChI is InChI=1S/C27H18Cl2F6N2S/c28-21-9-8-16(14-22(21)29)25(10-3-11-25)23-15-38-24(36-19-6-1-4-17(12-19)26(30,31)32)37(23)20-7-2-5-18(13-20)27(33,34)35/h1-2,4-9,12-15H,3,10-11H2/b36-24+. The van der Waals surface area contributed by atoms with Gasteiger partial charge in [-0.1, -0.05) is 47.8 Å². The average molecular weight is 587 g/mol. The van der Waals surface area contributed by atoms with Gasteiger partial charge in [-0.15, -0.1) is 11.3 Å². The van der Waals surface area contributed by atoms with Crippen molar-refractivity contribution in [2.24, 2.45) is 4.99 Å². The van der Waals surface area contributed by atoms with Gasteiger partial charge in [0.2, 0.25) is 0 Å². The van der Waals surface area contributed by atoms with Crippen LogP contribution in [0.4, 0.5) is 32.0 Å². The molecule has 0 amide bonds. The molecule has 1 fully saturated rings. The van der Waals surface area contributed by atoms with Gasteiger partial charge in [-0.3, -0.25) is 4.57 Å². The molecule has 5 rings (SSSR count). The van der Waals surface area contributed by atoms with Crippen LogP contribution in [0.25, 0.3) is 5.69 Å². The van der Waals surface area contributed by atoms with Crippen molar-refractivity contribution in [1.82, 2.24) is 4.57 Å². The molecule has 1 aliphatic rings. The predicted octanol–water partition coefficient (Wildman–Crippen LogP) is 9.59. The van der Waals surface area contributed by atoms with Crippen molar-refractivity contribution in [3.63, 3.8) is 0 Å². The molecule has 0 atom stereocenters. The van der Waals surface area contributed by atoms with Crippen LogP contribution in [0, 0.1) is 0 Å². The lowest BCUT2D eigenvalue weighted by Gasteiger charge is -2.43. The molecular formula is C27H18Cl2F6N2S. The van der Waals surface area contributed by atoms with Crippen LogP contribution in [0.1, 0.15) is 41.6 Å². The van der Waals surface area contributed by atoms with Gasteiger partial charge < -0.3 is 0 Å². The first-order chi connectivity index (χ1) is 17.9. The SMILES string of the molecule is FC(F)(F)c1cccc(/N=c2/scc(C3(c4ccc(Cl)c(Cl)c4)CCC3)n2-c2cccc(C(F)(F)F)c2)c1. The lowest BCUT2D eigenvalue weighted by atomic mass is 9.62. The maximum atomic E-state index is 13.6. The van der Waals surface area contributed by atoms with Gasteiger partial charge in [0.15, 0.2) is 4.80 Å². The largest absolute Gasteiger partial charge is 0.416 e. The number of hydrogen-bond acceptors (Lipinski definition) is 2. The summed E-state index contributed by atoms with van der Waals surface area (Å²) in [6.07, 6.45) is -6.87. The molecular weight excluding hydrogens is 569 g/mol. The molecule has 1 aromatic heterocycles. The van der Waals surface area contributed by atoms with E-state index in [1.807, 2.05) is 6.07 Å². The Hall–Kier alpha value is -2.75. The molecule has 4 aromatic rings. The first-order valence-corrected chi connectivity index (χ1v) is 13.1. The first kappa shape index (κ1) is 26.8. The maximum absolute atomic E-state index is 13.6. The predicted molar refractivity (Wildman–Crippen MR) is 136 cm³/mol. The molecule has 11 heteroatoms. The minimum Gasteiger partial charge on any atom is -0.289 e. The number of thiazole rings is 1. The topological polar surface area (TPSA) is 17.3 Å². The van der Waals surface area contributed by atoms with Gasteiger partial charge in [-0.2, -0.15) is 26.3 Å². The summed E-state index contributed by atoms with van der Waals surface area (Å²) in [6, 6.07) is 14.6. The Labute approximate surface area is 227 Å². The van der Waals surface area contributed by atoms with Crippen molar-refractivity contribution in [2.45, 2.75) is 37.0 Å². The Balaban J connectivity index is 1.76. The van der Waals surface area contributed by atoms with Crippen LogP contribution in [0.3, 0.4) is 0 Å². The summed E-state index contributed by atoms with van der Waals surface area (Å²) in [7, 11) is 0. The summed E-state index contributed by atoms with van der Waals surface area (Å²) in [4.78, 5) is 4.70. The second kappa shape index (κ2) is 9.77. The molecule has 0 spiro atoms. The molecule has 3 aromatic carbocycles. The van der Waals surface area contributed by atoms with Crippen molar-refractivity contribution < 1.29 is 26.3 Å². The average Bonchev–Trinajstić information content (AvgIpc) is 3.23. The number of rotatable bonds is 4. The second-order valence-electron chi connectivity index (χ2n) is 9.01. The van der Waals surface area contributed by atoms with Crippen LogP contribution in [-0.2, 0) is 17.8 Å². The summed E-state index contributed by atoms with van der Waals surface area (Å²) in [5, 5.41) is 2.53. The zero-order chi connectivity index (χ0) is 27.3. The van der Waals surface area contributed by atoms with Gasteiger partial charge in [0.25, 0.3) is 0 Å². The van der Waals surface area contributed by atoms with Crippen LogP contribution in [0.2, 0.25) is 10.0 Å². The molecule has 2 nitrogen and oxygen atoms in total. The van der Waals surface area contributed by atoms with E-state index < -0.39 is 28.9 Å². The maximum Gasteiger partial charge on any atom is 0.416 e. The highest BCUT2D eigenvalue weighted by Gasteiger charge is 2.43. The van der Waals surface area contributed by atoms with E-state index in [2.05, 4.69) is 4.99 Å². The Morgan fingerprint density at radius 1 is 0.789 bits per heavy atom. The fraction of sp³-hybridized carbons (Fsp3) is 0.222. The Morgan fingerprint density at radius 3 is 2.05 bits per heavy atom. The highest BCUT2D eigenvalue weighted by Crippen LogP contribution is 2.50. The van der Waals surface area contributed by atoms with Crippen LogP contribution in [-0.4, -0.2) is 4.57 Å². The highest BCUT2D eigenvalue weighted by atomic mass is 35.5. The third-order valence-corrected chi connectivity index (χ3v) is 8.27. The van der Waals surface area contributed by atoms with E-state index in [1.165, 1.54) is 24.3 Å². The number of halogens is 8. The van der Waals surface area contributed by atoms with E-state index in [9.17, 15) is 26.3 Å². The molecule has 0 aliphatic heterocycles. The summed E-state index contributed by atoms with van der Waals surface area (Å²) in [5.41, 5.74) is -0.534. The summed E-state index contributed by atoms with van der Waals surface area (Å²) < 4.78 is 82.3. The fourth-order valence-electron chi connectivity index (χ4n) is 4.67. The third-order valence-electron chi connectivity index (χ3n) is 6.71. The van der Waals surface area contributed by atoms with Gasteiger partial charge in [-0.25, -0.2) is 4.99 Å². The monoisotopic (exact) mass is 586 g/mol. The summed E-state index contributed by atoms with van der Waals surface area (Å²) in [5.74, 6) is 0. The van der Waals surface area contributed by atoms with E-state index in [4.69, 9.17) is 23.2 Å². The van der Waals surface area contributed by atoms with E-state index in [1.54, 1.807) is 22.1 Å². The molecule has 1 aliphatic carbocycles. The summed E-state index contributed by atoms with van der Waals surface area (Å²) >= 11 is 13.6. The normalized spacial score (nSPS) is 15.9. The second-order valence-corrected chi connectivity index (χ2v) is 10.7. The molecule has 1 heterocycles. The van der Waals surface area contributed by atoms with E-state index >= 15 is 0 Å². The summed E-state index contributed by atoms with van der Waals surface area (Å²) in [6.45, 7) is 0. The van der Waals surface area contributed by atoms with Crippen LogP contribution < -0.4 is 4.80 Å². The zero-order valence-corrected chi connectivity index (χ0v) is 21.7. The number of nitrogens with zero attached hydrogens (tertiary/aromatic N) is 2. The fourth-order valence-corrected chi connectivity index (χ4v) is 5.98. The molecule has 0 saturated heterocycles. The highest BCUT2D eigenvalue weighted by molar-refractivity contribution is 7.07. The quantitative estimate of drug-likeness (QED) is 0.212. The molecule has 38 heavy (non-hydrogen) atoms. The van der Waals surface area contributed by atoms with Crippen molar-refractivity contribution in [2.75, 3.05) is 0 Å². The Kier molecular flexibility index (Phi) is 6.90.